The molecule has 1 aliphatic rings. The van der Waals surface area contributed by atoms with Crippen LogP contribution in [0.2, 0.25) is 0 Å². The minimum absolute atomic E-state index is 0.124. The number of carbonyl (C=O) groups excluding carboxylic acids is 1. The van der Waals surface area contributed by atoms with Crippen molar-refractivity contribution in [1.29, 1.82) is 0 Å². The molecule has 1 aliphatic heterocycles. The van der Waals surface area contributed by atoms with Gasteiger partial charge in [0.15, 0.2) is 0 Å². The van der Waals surface area contributed by atoms with Gasteiger partial charge in [-0.1, -0.05) is 0 Å². The van der Waals surface area contributed by atoms with E-state index in [0.29, 0.717) is 17.4 Å². The van der Waals surface area contributed by atoms with Crippen LogP contribution in [0.3, 0.4) is 0 Å². The van der Waals surface area contributed by atoms with Gasteiger partial charge in [-0.15, -0.1) is 0 Å². The summed E-state index contributed by atoms with van der Waals surface area (Å²) in [5.41, 5.74) is 0.514. The van der Waals surface area contributed by atoms with Crippen molar-refractivity contribution >= 4 is 29.4 Å². The van der Waals surface area contributed by atoms with E-state index in [4.69, 9.17) is 0 Å². The molecule has 1 fully saturated rings. The molecule has 1 heterocycles. The lowest BCUT2D eigenvalue weighted by Gasteiger charge is -2.21. The van der Waals surface area contributed by atoms with Crippen LogP contribution < -0.4 is 5.32 Å². The van der Waals surface area contributed by atoms with E-state index in [-0.39, 0.29) is 11.7 Å². The van der Waals surface area contributed by atoms with Gasteiger partial charge in [0.05, 0.1) is 0 Å². The van der Waals surface area contributed by atoms with Crippen LogP contribution in [-0.4, -0.2) is 35.0 Å². The van der Waals surface area contributed by atoms with E-state index in [0.717, 1.165) is 11.5 Å². The lowest BCUT2D eigenvalue weighted by molar-refractivity contribution is 0.0954. The summed E-state index contributed by atoms with van der Waals surface area (Å²) in [5.74, 6) is 3.00. The van der Waals surface area contributed by atoms with Crippen molar-refractivity contribution < 1.29 is 9.18 Å². The van der Waals surface area contributed by atoms with Gasteiger partial charge in [0, 0.05) is 34.6 Å². The molecule has 1 amide bonds. The van der Waals surface area contributed by atoms with Crippen LogP contribution in [0.25, 0.3) is 0 Å². The maximum atomic E-state index is 12.7. The maximum absolute atomic E-state index is 12.7. The van der Waals surface area contributed by atoms with E-state index in [1.165, 1.54) is 30.0 Å². The Morgan fingerprint density at radius 2 is 2.12 bits per heavy atom. The first-order valence-electron chi connectivity index (χ1n) is 5.49. The van der Waals surface area contributed by atoms with Gasteiger partial charge in [-0.25, -0.2) is 4.39 Å². The van der Waals surface area contributed by atoms with Crippen molar-refractivity contribution in [1.82, 2.24) is 5.32 Å². The van der Waals surface area contributed by atoms with Gasteiger partial charge in [0.2, 0.25) is 0 Å². The Morgan fingerprint density at radius 1 is 1.35 bits per heavy atom. The molecule has 0 aromatic heterocycles. The molecule has 2 rings (SSSR count). The van der Waals surface area contributed by atoms with Crippen LogP contribution in [-0.2, 0) is 0 Å². The molecule has 1 N–H and O–H groups in total. The minimum atomic E-state index is -0.319. The van der Waals surface area contributed by atoms with Crippen molar-refractivity contribution in [2.24, 2.45) is 0 Å². The molecule has 0 radical (unpaired) electrons. The number of hydrogen-bond donors (Lipinski definition) is 1. The van der Waals surface area contributed by atoms with Crippen LogP contribution in [0, 0.1) is 5.82 Å². The fourth-order valence-electron chi connectivity index (χ4n) is 1.56. The predicted molar refractivity (Wildman–Crippen MR) is 72.3 cm³/mol. The normalized spacial score (nSPS) is 19.9. The zero-order valence-corrected chi connectivity index (χ0v) is 11.0. The second kappa shape index (κ2) is 6.31. The molecule has 1 aromatic rings. The zero-order chi connectivity index (χ0) is 12.1. The summed E-state index contributed by atoms with van der Waals surface area (Å²) in [4.78, 5) is 11.7. The molecule has 0 bridgehead atoms. The number of carbonyl (C=O) groups is 1. The molecule has 17 heavy (non-hydrogen) atoms. The molecule has 0 saturated carbocycles. The highest BCUT2D eigenvalue weighted by molar-refractivity contribution is 8.06. The van der Waals surface area contributed by atoms with Crippen molar-refractivity contribution in [2.75, 3.05) is 23.8 Å². The molecule has 1 aromatic carbocycles. The Kier molecular flexibility index (Phi) is 4.74. The summed E-state index contributed by atoms with van der Waals surface area (Å²) >= 11 is 3.84. The van der Waals surface area contributed by atoms with E-state index >= 15 is 0 Å². The fraction of sp³-hybridized carbons (Fsp3) is 0.417. The average molecular weight is 271 g/mol. The summed E-state index contributed by atoms with van der Waals surface area (Å²) in [6, 6.07) is 5.63. The quantitative estimate of drug-likeness (QED) is 0.915. The number of halogens is 1. The Hall–Kier alpha value is -0.680. The van der Waals surface area contributed by atoms with Crippen LogP contribution in [0.1, 0.15) is 10.4 Å². The predicted octanol–water partition coefficient (Wildman–Crippen LogP) is 2.40. The first kappa shape index (κ1) is 12.8. The number of nitrogens with one attached hydrogen (secondary N) is 1. The van der Waals surface area contributed by atoms with E-state index in [1.807, 2.05) is 23.5 Å². The van der Waals surface area contributed by atoms with E-state index in [1.54, 1.807) is 0 Å². The highest BCUT2D eigenvalue weighted by atomic mass is 32.2. The third-order valence-electron chi connectivity index (χ3n) is 2.48. The maximum Gasteiger partial charge on any atom is 0.251 e. The largest absolute Gasteiger partial charge is 0.351 e. The molecule has 0 aliphatic carbocycles. The molecule has 1 saturated heterocycles. The van der Waals surface area contributed by atoms with Gasteiger partial charge in [0.25, 0.3) is 5.91 Å². The zero-order valence-electron chi connectivity index (χ0n) is 9.32. The third-order valence-corrected chi connectivity index (χ3v) is 5.33. The summed E-state index contributed by atoms with van der Waals surface area (Å²) in [6.45, 7) is 0.688. The third kappa shape index (κ3) is 3.92. The van der Waals surface area contributed by atoms with Crippen molar-refractivity contribution in [2.45, 2.75) is 5.25 Å². The van der Waals surface area contributed by atoms with Gasteiger partial charge >= 0.3 is 0 Å². The average Bonchev–Trinajstić information content (AvgIpc) is 2.38. The van der Waals surface area contributed by atoms with Crippen molar-refractivity contribution in [3.8, 4) is 0 Å². The SMILES string of the molecule is O=C(NCC1CSCCS1)c1ccc(F)cc1. The minimum Gasteiger partial charge on any atom is -0.351 e. The molecular formula is C12H14FNOS2. The highest BCUT2D eigenvalue weighted by Crippen LogP contribution is 2.23. The Labute approximate surface area is 109 Å². The van der Waals surface area contributed by atoms with Crippen LogP contribution in [0.4, 0.5) is 4.39 Å². The summed E-state index contributed by atoms with van der Waals surface area (Å²) in [7, 11) is 0. The van der Waals surface area contributed by atoms with Gasteiger partial charge in [-0.2, -0.15) is 23.5 Å². The Balaban J connectivity index is 1.82. The van der Waals surface area contributed by atoms with Gasteiger partial charge < -0.3 is 5.32 Å². The number of amides is 1. The summed E-state index contributed by atoms with van der Waals surface area (Å²) in [6.07, 6.45) is 0. The summed E-state index contributed by atoms with van der Waals surface area (Å²) in [5, 5.41) is 3.39. The molecular weight excluding hydrogens is 257 g/mol. The Morgan fingerprint density at radius 3 is 2.76 bits per heavy atom. The summed E-state index contributed by atoms with van der Waals surface area (Å²) < 4.78 is 12.7. The molecule has 2 nitrogen and oxygen atoms in total. The molecule has 5 heteroatoms. The first-order chi connectivity index (χ1) is 8.25. The standard InChI is InChI=1S/C12H14FNOS2/c13-10-3-1-9(2-4-10)12(15)14-7-11-8-16-5-6-17-11/h1-4,11H,5-8H2,(H,14,15). The van der Waals surface area contributed by atoms with Gasteiger partial charge in [-0.3, -0.25) is 4.79 Å². The molecule has 0 spiro atoms. The second-order valence-electron chi connectivity index (χ2n) is 3.78. The van der Waals surface area contributed by atoms with E-state index in [2.05, 4.69) is 5.32 Å². The van der Waals surface area contributed by atoms with E-state index in [9.17, 15) is 9.18 Å². The lowest BCUT2D eigenvalue weighted by atomic mass is 10.2. The van der Waals surface area contributed by atoms with Gasteiger partial charge in [0.1, 0.15) is 5.82 Å². The monoisotopic (exact) mass is 271 g/mol. The molecule has 1 atom stereocenters. The lowest BCUT2D eigenvalue weighted by Crippen LogP contribution is -2.33. The van der Waals surface area contributed by atoms with Crippen LogP contribution >= 0.6 is 23.5 Å². The number of hydrogen-bond acceptors (Lipinski definition) is 3. The van der Waals surface area contributed by atoms with Crippen LogP contribution in [0.5, 0.6) is 0 Å². The first-order valence-corrected chi connectivity index (χ1v) is 7.69. The number of rotatable bonds is 3. The number of benzene rings is 1. The molecule has 92 valence electrons. The Bertz CT molecular complexity index is 377. The second-order valence-corrected chi connectivity index (χ2v) is 6.34. The van der Waals surface area contributed by atoms with Gasteiger partial charge in [-0.05, 0) is 24.3 Å². The highest BCUT2D eigenvalue weighted by Gasteiger charge is 2.15. The van der Waals surface area contributed by atoms with E-state index < -0.39 is 0 Å². The fourth-order valence-corrected chi connectivity index (χ4v) is 4.18. The van der Waals surface area contributed by atoms with Crippen molar-refractivity contribution in [3.63, 3.8) is 0 Å². The smallest absolute Gasteiger partial charge is 0.251 e. The number of thioether (sulfide) groups is 2. The topological polar surface area (TPSA) is 29.1 Å². The van der Waals surface area contributed by atoms with Crippen molar-refractivity contribution in [3.05, 3.63) is 35.6 Å². The van der Waals surface area contributed by atoms with Crippen LogP contribution in [0.15, 0.2) is 24.3 Å². The molecule has 1 unspecified atom stereocenters.